The van der Waals surface area contributed by atoms with Gasteiger partial charge in [-0.2, -0.15) is 24.5 Å². The van der Waals surface area contributed by atoms with Crippen LogP contribution in [0.25, 0.3) is 0 Å². The molecule has 6 heterocycles. The lowest BCUT2D eigenvalue weighted by Gasteiger charge is -2.25. The van der Waals surface area contributed by atoms with E-state index in [4.69, 9.17) is 66.8 Å². The zero-order valence-corrected chi connectivity index (χ0v) is 52.5. The molecule has 0 amide bonds. The Labute approximate surface area is 494 Å². The van der Waals surface area contributed by atoms with Crippen molar-refractivity contribution in [3.05, 3.63) is 81.5 Å². The number of nitrogens with zero attached hydrogens (tertiary/aromatic N) is 13. The molecular formula is C47H87N20O17P2+. The van der Waals surface area contributed by atoms with Crippen LogP contribution >= 0.6 is 15.2 Å². The topological polar surface area (TPSA) is 566 Å². The number of nitrogens with two attached hydrogens (primary N) is 5. The summed E-state index contributed by atoms with van der Waals surface area (Å²) in [4.78, 5) is 112. The molecule has 17 N–H and O–H groups in total. The van der Waals surface area contributed by atoms with Crippen molar-refractivity contribution in [2.75, 3.05) is 54.6 Å². The zero-order valence-electron chi connectivity index (χ0n) is 50.8. The molecule has 1 fully saturated rings. The number of H-pyrrole nitrogens is 2. The third-order valence-electron chi connectivity index (χ3n) is 10.9. The van der Waals surface area contributed by atoms with E-state index in [0.29, 0.717) is 48.7 Å². The largest absolute Gasteiger partial charge is 0.416 e. The van der Waals surface area contributed by atoms with Crippen LogP contribution < -0.4 is 61.7 Å². The number of rotatable bonds is 23. The fraction of sp³-hybridized carbons (Fsp3) is 0.681. The Morgan fingerprint density at radius 2 is 1.02 bits per heavy atom. The quantitative estimate of drug-likeness (QED) is 0.0196. The Hall–Kier alpha value is -6.89. The molecule has 1 aliphatic rings. The SMILES string of the molecule is CC[C@@H](O)C[n+]1c(N)nc(C)[nH]c1=O.CC[C@@H](O)Cn1c(C)nc(N)nc1=O.CC[C@@H]1CO1.CC[C@H](Cn1c(C)nc(N)nc1=O)OCP(=O)(OC(C)C)OC(C)C.Cc1nc(N)nc(=O)[nH]1.Cc1nc(N)nc(=O)n1C[C@@H](CO)OCP(=O)(O)O. The molecule has 1 saturated heterocycles. The minimum Gasteiger partial charge on any atom is -0.394 e. The lowest BCUT2D eigenvalue weighted by molar-refractivity contribution is -0.709. The Kier molecular flexibility index (Phi) is 33.7. The van der Waals surface area contributed by atoms with Gasteiger partial charge in [-0.3, -0.25) is 27.8 Å². The number of aryl methyl sites for hydroxylation is 5. The van der Waals surface area contributed by atoms with Gasteiger partial charge in [0.1, 0.15) is 36.0 Å². The van der Waals surface area contributed by atoms with Crippen molar-refractivity contribution < 1.29 is 62.1 Å². The smallest absolute Gasteiger partial charge is 0.394 e. The van der Waals surface area contributed by atoms with Gasteiger partial charge in [-0.25, -0.2) is 48.9 Å². The molecule has 0 aliphatic carbocycles. The van der Waals surface area contributed by atoms with E-state index in [0.717, 1.165) is 11.2 Å². The molecule has 0 spiro atoms. The van der Waals surface area contributed by atoms with E-state index in [1.807, 2.05) is 20.8 Å². The summed E-state index contributed by atoms with van der Waals surface area (Å²) in [7, 11) is -7.74. The second kappa shape index (κ2) is 37.6. The van der Waals surface area contributed by atoms with Crippen LogP contribution in [0.3, 0.4) is 0 Å². The number of aromatic nitrogens is 15. The van der Waals surface area contributed by atoms with Crippen LogP contribution in [0.1, 0.15) is 110 Å². The van der Waals surface area contributed by atoms with Gasteiger partial charge in [-0.05, 0) is 81.1 Å². The van der Waals surface area contributed by atoms with Crippen LogP contribution in [-0.4, -0.2) is 162 Å². The van der Waals surface area contributed by atoms with Gasteiger partial charge in [0.15, 0.2) is 0 Å². The third-order valence-corrected chi connectivity index (χ3v) is 13.3. The van der Waals surface area contributed by atoms with Crippen molar-refractivity contribution in [3.63, 3.8) is 0 Å². The highest BCUT2D eigenvalue weighted by Gasteiger charge is 2.30. The van der Waals surface area contributed by atoms with Crippen molar-refractivity contribution in [1.82, 2.24) is 68.5 Å². The molecular weight excluding hydrogens is 1180 g/mol. The van der Waals surface area contributed by atoms with Gasteiger partial charge >= 0.3 is 49.6 Å². The maximum Gasteiger partial charge on any atom is 0.416 e. The van der Waals surface area contributed by atoms with E-state index >= 15 is 0 Å². The first-order valence-corrected chi connectivity index (χ1v) is 30.4. The summed E-state index contributed by atoms with van der Waals surface area (Å²) in [5, 5.41) is 27.8. The highest BCUT2D eigenvalue weighted by Crippen LogP contribution is 2.50. The molecule has 5 aromatic heterocycles. The molecule has 0 radical (unpaired) electrons. The van der Waals surface area contributed by atoms with Gasteiger partial charge in [0, 0.05) is 6.92 Å². The van der Waals surface area contributed by atoms with Gasteiger partial charge in [0.25, 0.3) is 0 Å². The number of aliphatic hydroxyl groups excluding tert-OH is 3. The Morgan fingerprint density at radius 3 is 1.36 bits per heavy atom. The van der Waals surface area contributed by atoms with Crippen molar-refractivity contribution in [2.45, 2.75) is 185 Å². The summed E-state index contributed by atoms with van der Waals surface area (Å²) in [6.45, 7) is 23.9. The van der Waals surface area contributed by atoms with Crippen LogP contribution in [0.2, 0.25) is 0 Å². The van der Waals surface area contributed by atoms with Crippen LogP contribution in [0.15, 0.2) is 24.0 Å². The van der Waals surface area contributed by atoms with Gasteiger partial charge in [-0.1, -0.05) is 32.7 Å². The van der Waals surface area contributed by atoms with E-state index in [2.05, 4.69) is 61.7 Å². The van der Waals surface area contributed by atoms with Crippen molar-refractivity contribution in [2.24, 2.45) is 0 Å². The Bertz CT molecular complexity index is 3170. The van der Waals surface area contributed by atoms with Crippen LogP contribution in [-0.2, 0) is 58.6 Å². The van der Waals surface area contributed by atoms with E-state index in [1.54, 1.807) is 55.4 Å². The van der Waals surface area contributed by atoms with Gasteiger partial charge in [-0.15, -0.1) is 0 Å². The van der Waals surface area contributed by atoms with E-state index in [1.165, 1.54) is 27.0 Å². The molecule has 0 bridgehead atoms. The number of nitrogen functional groups attached to an aromatic ring is 5. The molecule has 1 aliphatic heterocycles. The first kappa shape index (κ1) is 77.1. The average Bonchev–Trinajstić information content (AvgIpc) is 4.13. The molecule has 486 valence electrons. The summed E-state index contributed by atoms with van der Waals surface area (Å²) >= 11 is 0. The first-order chi connectivity index (χ1) is 40.0. The third kappa shape index (κ3) is 31.0. The summed E-state index contributed by atoms with van der Waals surface area (Å²) in [5.41, 5.74) is 24.3. The normalized spacial score (nSPS) is 14.1. The molecule has 6 rings (SSSR count). The average molecular weight is 1270 g/mol. The predicted molar refractivity (Wildman–Crippen MR) is 314 cm³/mol. The highest BCUT2D eigenvalue weighted by molar-refractivity contribution is 7.53. The molecule has 0 aromatic carbocycles. The van der Waals surface area contributed by atoms with Crippen LogP contribution in [0.4, 0.5) is 29.7 Å². The fourth-order valence-corrected chi connectivity index (χ4v) is 8.78. The summed E-state index contributed by atoms with van der Waals surface area (Å²) in [6.07, 6.45) is -0.448. The van der Waals surface area contributed by atoms with E-state index < -0.39 is 69.2 Å². The lowest BCUT2D eigenvalue weighted by Crippen LogP contribution is -2.56. The highest BCUT2D eigenvalue weighted by atomic mass is 31.2. The predicted octanol–water partition coefficient (Wildman–Crippen LogP) is -1.76. The van der Waals surface area contributed by atoms with Crippen molar-refractivity contribution >= 4 is 44.9 Å². The lowest BCUT2D eigenvalue weighted by atomic mass is 10.3. The number of nitrogens with one attached hydrogen (secondary N) is 2. The number of hydrogen-bond donors (Lipinski definition) is 12. The zero-order chi connectivity index (χ0) is 65.8. The Balaban J connectivity index is 0.000000542. The maximum absolute atomic E-state index is 12.8. The Morgan fingerprint density at radius 1 is 0.605 bits per heavy atom. The number of aliphatic hydroxyl groups is 3. The van der Waals surface area contributed by atoms with Crippen molar-refractivity contribution in [1.29, 1.82) is 0 Å². The number of epoxide rings is 1. The molecule has 0 saturated carbocycles. The second-order valence-corrected chi connectivity index (χ2v) is 22.7. The van der Waals surface area contributed by atoms with Gasteiger partial charge < -0.3 is 77.0 Å². The molecule has 86 heavy (non-hydrogen) atoms. The fourth-order valence-electron chi connectivity index (χ4n) is 6.53. The second-order valence-electron chi connectivity index (χ2n) is 19.3. The molecule has 0 unspecified atom stereocenters. The van der Waals surface area contributed by atoms with Crippen LogP contribution in [0, 0.1) is 34.6 Å². The monoisotopic (exact) mass is 1270 g/mol. The number of aromatic amines is 2. The number of hydrogen-bond acceptors (Lipinski definition) is 29. The summed E-state index contributed by atoms with van der Waals surface area (Å²) < 4.78 is 54.8. The number of anilines is 5. The van der Waals surface area contributed by atoms with E-state index in [9.17, 15) is 43.3 Å². The van der Waals surface area contributed by atoms with Gasteiger partial charge in [0.2, 0.25) is 29.6 Å². The molecule has 39 heteroatoms. The molecule has 5 atom stereocenters. The minimum atomic E-state index is -4.34. The van der Waals surface area contributed by atoms with Crippen LogP contribution in [0.5, 0.6) is 0 Å². The first-order valence-electron chi connectivity index (χ1n) is 26.9. The minimum absolute atomic E-state index is 0.0104. The standard InChI is InChI=1S/C15H29N4O5P.C8H15N4O6P.2C8H14N4O2.C4H6N4O.C4H8O/c1-7-13(8-19-12(6)17-14(16)18-15(19)20)22-9-25(21,23-10(2)3)24-11(4)5;1-5-10-7(9)11-8(14)12(5)2-6(3-13)18-4-19(15,16)17;1-3-6(13)4-12-5(2)10-7(9)11-8(12)14;1-3-6(13)4-12-7(9)10-5(2)11-8(12)14;1-2-6-3(5)8-4(9)7-2;1-2-4-3-5-4/h10-11,13H,7-9H2,1-6H3,(H2,16,18,20);6,13H,2-4H2,1H3,(H2,9,11,14)(H2,15,16,17);6,13H,3-4H2,1-2H3,(H2,9,11,14);6,13H,3-4H2,1-2H3,(H2,9,10,11,14);1H3,(H3,5,6,7,8,9);4H,2-3H2,1H3/p+1/t13-;3*6-;;4-/m1011.1/s1. The van der Waals surface area contributed by atoms with Gasteiger partial charge in [0.05, 0.1) is 82.1 Å². The maximum atomic E-state index is 12.8. The van der Waals surface area contributed by atoms with E-state index in [-0.39, 0.29) is 92.1 Å². The summed E-state index contributed by atoms with van der Waals surface area (Å²) in [5.74, 6) is 1.99. The van der Waals surface area contributed by atoms with Crippen molar-refractivity contribution in [3.8, 4) is 0 Å². The molecule has 5 aromatic rings. The number of ether oxygens (including phenoxy) is 3. The summed E-state index contributed by atoms with van der Waals surface area (Å²) in [6, 6.07) is 0. The molecule has 37 nitrogen and oxygen atoms in total.